The van der Waals surface area contributed by atoms with E-state index in [2.05, 4.69) is 12.0 Å². The van der Waals surface area contributed by atoms with Crippen LogP contribution in [0.15, 0.2) is 12.3 Å². The number of nitrogens with zero attached hydrogens (tertiary/aromatic N) is 2. The van der Waals surface area contributed by atoms with E-state index in [9.17, 15) is 5.11 Å². The SMILES string of the molecule is CC1CCCC1C(O)CCc1ccnn1C. The van der Waals surface area contributed by atoms with Crippen molar-refractivity contribution in [3.05, 3.63) is 18.0 Å². The lowest BCUT2D eigenvalue weighted by atomic mass is 9.89. The number of aryl methyl sites for hydroxylation is 2. The first-order chi connectivity index (χ1) is 7.68. The molecule has 0 aromatic carbocycles. The summed E-state index contributed by atoms with van der Waals surface area (Å²) in [6.45, 7) is 2.27. The zero-order valence-corrected chi connectivity index (χ0v) is 10.3. The summed E-state index contributed by atoms with van der Waals surface area (Å²) in [5, 5.41) is 14.3. The van der Waals surface area contributed by atoms with Crippen LogP contribution in [0.1, 0.15) is 38.3 Å². The standard InChI is InChI=1S/C13H22N2O/c1-10-4-3-5-12(10)13(16)7-6-11-8-9-14-15(11)2/h8-10,12-13,16H,3-7H2,1-2H3. The lowest BCUT2D eigenvalue weighted by Gasteiger charge is -2.22. The molecule has 1 heterocycles. The fraction of sp³-hybridized carbons (Fsp3) is 0.769. The van der Waals surface area contributed by atoms with Crippen molar-refractivity contribution in [1.82, 2.24) is 9.78 Å². The van der Waals surface area contributed by atoms with Gasteiger partial charge in [-0.25, -0.2) is 0 Å². The second-order valence-corrected chi connectivity index (χ2v) is 5.12. The summed E-state index contributed by atoms with van der Waals surface area (Å²) in [7, 11) is 1.96. The molecule has 16 heavy (non-hydrogen) atoms. The molecule has 0 saturated heterocycles. The van der Waals surface area contributed by atoms with Crippen molar-refractivity contribution in [2.24, 2.45) is 18.9 Å². The predicted octanol–water partition coefficient (Wildman–Crippen LogP) is 2.15. The molecule has 90 valence electrons. The van der Waals surface area contributed by atoms with E-state index < -0.39 is 0 Å². The van der Waals surface area contributed by atoms with E-state index in [1.54, 1.807) is 0 Å². The molecule has 1 aliphatic carbocycles. The average Bonchev–Trinajstić information content (AvgIpc) is 2.84. The third kappa shape index (κ3) is 2.46. The third-order valence-electron chi connectivity index (χ3n) is 4.04. The molecule has 0 bridgehead atoms. The van der Waals surface area contributed by atoms with E-state index in [0.717, 1.165) is 12.8 Å². The Morgan fingerprint density at radius 1 is 1.56 bits per heavy atom. The maximum Gasteiger partial charge on any atom is 0.0574 e. The second-order valence-electron chi connectivity index (χ2n) is 5.12. The predicted molar refractivity (Wildman–Crippen MR) is 64.0 cm³/mol. The molecular formula is C13H22N2O. The van der Waals surface area contributed by atoms with Crippen molar-refractivity contribution in [2.45, 2.75) is 45.1 Å². The zero-order chi connectivity index (χ0) is 11.5. The molecule has 2 rings (SSSR count). The second kappa shape index (κ2) is 5.00. The fourth-order valence-electron chi connectivity index (χ4n) is 2.90. The highest BCUT2D eigenvalue weighted by molar-refractivity contribution is 5.00. The molecule has 1 N–H and O–H groups in total. The van der Waals surface area contributed by atoms with Crippen LogP contribution >= 0.6 is 0 Å². The summed E-state index contributed by atoms with van der Waals surface area (Å²) in [5.41, 5.74) is 1.21. The van der Waals surface area contributed by atoms with E-state index in [1.807, 2.05) is 24.0 Å². The summed E-state index contributed by atoms with van der Waals surface area (Å²) in [4.78, 5) is 0. The molecule has 1 aromatic heterocycles. The van der Waals surface area contributed by atoms with Crippen LogP contribution in [0.4, 0.5) is 0 Å². The van der Waals surface area contributed by atoms with Crippen molar-refractivity contribution in [3.63, 3.8) is 0 Å². The first kappa shape index (κ1) is 11.6. The van der Waals surface area contributed by atoms with E-state index in [1.165, 1.54) is 25.0 Å². The summed E-state index contributed by atoms with van der Waals surface area (Å²) in [6.07, 6.45) is 7.26. The van der Waals surface area contributed by atoms with Gasteiger partial charge in [0.15, 0.2) is 0 Å². The van der Waals surface area contributed by atoms with Gasteiger partial charge >= 0.3 is 0 Å². The highest BCUT2D eigenvalue weighted by Crippen LogP contribution is 2.34. The molecule has 3 atom stereocenters. The van der Waals surface area contributed by atoms with E-state index in [4.69, 9.17) is 0 Å². The van der Waals surface area contributed by atoms with Crippen molar-refractivity contribution >= 4 is 0 Å². The molecule has 0 spiro atoms. The molecule has 1 saturated carbocycles. The lowest BCUT2D eigenvalue weighted by molar-refractivity contribution is 0.0818. The Hall–Kier alpha value is -0.830. The molecular weight excluding hydrogens is 200 g/mol. The molecule has 1 aliphatic rings. The number of aliphatic hydroxyl groups excluding tert-OH is 1. The van der Waals surface area contributed by atoms with Gasteiger partial charge in [0, 0.05) is 18.9 Å². The van der Waals surface area contributed by atoms with E-state index in [-0.39, 0.29) is 6.10 Å². The minimum atomic E-state index is -0.132. The molecule has 1 fully saturated rings. The Morgan fingerprint density at radius 3 is 2.94 bits per heavy atom. The fourth-order valence-corrected chi connectivity index (χ4v) is 2.90. The van der Waals surface area contributed by atoms with Crippen LogP contribution in [0, 0.1) is 11.8 Å². The number of hydrogen-bond donors (Lipinski definition) is 1. The molecule has 0 radical (unpaired) electrons. The van der Waals surface area contributed by atoms with Gasteiger partial charge < -0.3 is 5.11 Å². The zero-order valence-electron chi connectivity index (χ0n) is 10.3. The third-order valence-corrected chi connectivity index (χ3v) is 4.04. The molecule has 3 heteroatoms. The molecule has 0 amide bonds. The first-order valence-corrected chi connectivity index (χ1v) is 6.33. The van der Waals surface area contributed by atoms with Gasteiger partial charge in [0.2, 0.25) is 0 Å². The van der Waals surface area contributed by atoms with Crippen molar-refractivity contribution in [3.8, 4) is 0 Å². The van der Waals surface area contributed by atoms with Crippen LogP contribution in [0.25, 0.3) is 0 Å². The molecule has 3 unspecified atom stereocenters. The molecule has 3 nitrogen and oxygen atoms in total. The Kier molecular flexibility index (Phi) is 3.64. The van der Waals surface area contributed by atoms with Crippen molar-refractivity contribution in [2.75, 3.05) is 0 Å². The highest BCUT2D eigenvalue weighted by Gasteiger charge is 2.29. The summed E-state index contributed by atoms with van der Waals surface area (Å²) >= 11 is 0. The van der Waals surface area contributed by atoms with Gasteiger partial charge in [-0.05, 0) is 37.2 Å². The quantitative estimate of drug-likeness (QED) is 0.847. The van der Waals surface area contributed by atoms with Crippen molar-refractivity contribution < 1.29 is 5.11 Å². The normalized spacial score (nSPS) is 27.2. The highest BCUT2D eigenvalue weighted by atomic mass is 16.3. The summed E-state index contributed by atoms with van der Waals surface area (Å²) in [6, 6.07) is 2.03. The smallest absolute Gasteiger partial charge is 0.0574 e. The van der Waals surface area contributed by atoms with Crippen LogP contribution in [-0.2, 0) is 13.5 Å². The van der Waals surface area contributed by atoms with Crippen LogP contribution in [0.3, 0.4) is 0 Å². The maximum atomic E-state index is 10.2. The Bertz CT molecular complexity index is 334. The Labute approximate surface area is 97.5 Å². The minimum Gasteiger partial charge on any atom is -0.393 e. The van der Waals surface area contributed by atoms with E-state index >= 15 is 0 Å². The first-order valence-electron chi connectivity index (χ1n) is 6.33. The minimum absolute atomic E-state index is 0.132. The largest absolute Gasteiger partial charge is 0.393 e. The van der Waals surface area contributed by atoms with Crippen molar-refractivity contribution in [1.29, 1.82) is 0 Å². The Balaban J connectivity index is 1.84. The van der Waals surface area contributed by atoms with Crippen LogP contribution in [0.5, 0.6) is 0 Å². The van der Waals surface area contributed by atoms with Gasteiger partial charge in [0.25, 0.3) is 0 Å². The number of aliphatic hydroxyl groups is 1. The van der Waals surface area contributed by atoms with Crippen LogP contribution < -0.4 is 0 Å². The van der Waals surface area contributed by atoms with Crippen LogP contribution in [0.2, 0.25) is 0 Å². The summed E-state index contributed by atoms with van der Waals surface area (Å²) in [5.74, 6) is 1.22. The maximum absolute atomic E-state index is 10.2. The topological polar surface area (TPSA) is 38.1 Å². The Morgan fingerprint density at radius 2 is 2.38 bits per heavy atom. The lowest BCUT2D eigenvalue weighted by Crippen LogP contribution is -2.23. The van der Waals surface area contributed by atoms with Gasteiger partial charge in [-0.2, -0.15) is 5.10 Å². The van der Waals surface area contributed by atoms with Gasteiger partial charge in [0.1, 0.15) is 0 Å². The van der Waals surface area contributed by atoms with Gasteiger partial charge in [-0.3, -0.25) is 4.68 Å². The molecule has 1 aromatic rings. The monoisotopic (exact) mass is 222 g/mol. The van der Waals surface area contributed by atoms with Gasteiger partial charge in [0.05, 0.1) is 6.10 Å². The summed E-state index contributed by atoms with van der Waals surface area (Å²) < 4.78 is 1.89. The van der Waals surface area contributed by atoms with Gasteiger partial charge in [-0.1, -0.05) is 19.8 Å². The van der Waals surface area contributed by atoms with E-state index in [0.29, 0.717) is 11.8 Å². The number of rotatable bonds is 4. The van der Waals surface area contributed by atoms with Gasteiger partial charge in [-0.15, -0.1) is 0 Å². The number of hydrogen-bond acceptors (Lipinski definition) is 2. The van der Waals surface area contributed by atoms with Crippen LogP contribution in [-0.4, -0.2) is 21.0 Å². The molecule has 0 aliphatic heterocycles. The number of aromatic nitrogens is 2. The average molecular weight is 222 g/mol.